The van der Waals surface area contributed by atoms with Gasteiger partial charge in [0.25, 0.3) is 5.91 Å². The van der Waals surface area contributed by atoms with E-state index in [9.17, 15) is 9.90 Å². The number of pyridine rings is 2. The van der Waals surface area contributed by atoms with Gasteiger partial charge in [-0.1, -0.05) is 29.3 Å². The molecule has 2 aromatic heterocycles. The Kier molecular flexibility index (Phi) is 3.23. The Hall–Kier alpha value is -2.21. The van der Waals surface area contributed by atoms with E-state index in [1.165, 1.54) is 4.90 Å². The third kappa shape index (κ3) is 2.16. The van der Waals surface area contributed by atoms with E-state index >= 15 is 0 Å². The molecule has 1 aromatic carbocycles. The van der Waals surface area contributed by atoms with Gasteiger partial charge in [0, 0.05) is 21.5 Å². The first-order valence-electron chi connectivity index (χ1n) is 6.79. The third-order valence-electron chi connectivity index (χ3n) is 3.76. The van der Waals surface area contributed by atoms with Gasteiger partial charge in [0.1, 0.15) is 11.0 Å². The summed E-state index contributed by atoms with van der Waals surface area (Å²) in [4.78, 5) is 22.2. The summed E-state index contributed by atoms with van der Waals surface area (Å²) in [6.07, 6.45) is -1.18. The molecule has 0 aliphatic carbocycles. The van der Waals surface area contributed by atoms with Gasteiger partial charge in [-0.15, -0.1) is 0 Å². The first kappa shape index (κ1) is 14.4. The number of halogens is 2. The van der Waals surface area contributed by atoms with Crippen LogP contribution in [0.15, 0.2) is 42.5 Å². The van der Waals surface area contributed by atoms with Crippen LogP contribution in [0.4, 0.5) is 5.82 Å². The number of nitrogens with zero attached hydrogens (tertiary/aromatic N) is 3. The van der Waals surface area contributed by atoms with Crippen LogP contribution in [0.3, 0.4) is 0 Å². The molecule has 0 saturated carbocycles. The zero-order valence-electron chi connectivity index (χ0n) is 11.6. The second kappa shape index (κ2) is 5.16. The van der Waals surface area contributed by atoms with Crippen LogP contribution in [0.25, 0.3) is 11.0 Å². The number of hydrogen-bond donors (Lipinski definition) is 1. The average molecular weight is 346 g/mol. The summed E-state index contributed by atoms with van der Waals surface area (Å²) in [6, 6.07) is 11.8. The topological polar surface area (TPSA) is 66.3 Å². The second-order valence-corrected chi connectivity index (χ2v) is 5.89. The van der Waals surface area contributed by atoms with Crippen LogP contribution in [-0.2, 0) is 0 Å². The maximum absolute atomic E-state index is 12.6. The molecule has 1 aliphatic heterocycles. The van der Waals surface area contributed by atoms with Crippen molar-refractivity contribution in [1.29, 1.82) is 0 Å². The lowest BCUT2D eigenvalue weighted by Gasteiger charge is -2.20. The average Bonchev–Trinajstić information content (AvgIpc) is 2.79. The van der Waals surface area contributed by atoms with Crippen molar-refractivity contribution in [2.75, 3.05) is 4.90 Å². The number of amides is 1. The normalized spacial score (nSPS) is 16.9. The van der Waals surface area contributed by atoms with Crippen LogP contribution in [0.2, 0.25) is 10.2 Å². The number of fused-ring (bicyclic) bond motifs is 2. The molecule has 0 bridgehead atoms. The molecule has 1 N–H and O–H groups in total. The van der Waals surface area contributed by atoms with Gasteiger partial charge in [-0.2, -0.15) is 0 Å². The number of rotatable bonds is 1. The molecular weight excluding hydrogens is 337 g/mol. The Labute approximate surface area is 141 Å². The smallest absolute Gasteiger partial charge is 0.262 e. The van der Waals surface area contributed by atoms with Crippen molar-refractivity contribution in [3.63, 3.8) is 0 Å². The number of carbonyl (C=O) groups is 1. The molecule has 0 radical (unpaired) electrons. The number of anilines is 1. The van der Waals surface area contributed by atoms with E-state index < -0.39 is 6.23 Å². The molecule has 0 saturated heterocycles. The van der Waals surface area contributed by atoms with Gasteiger partial charge in [0.15, 0.2) is 11.9 Å². The van der Waals surface area contributed by atoms with Crippen LogP contribution < -0.4 is 4.90 Å². The van der Waals surface area contributed by atoms with E-state index in [0.717, 1.165) is 5.39 Å². The highest BCUT2D eigenvalue weighted by atomic mass is 35.5. The van der Waals surface area contributed by atoms with Crippen molar-refractivity contribution in [2.24, 2.45) is 0 Å². The fourth-order valence-corrected chi connectivity index (χ4v) is 3.10. The Morgan fingerprint density at radius 3 is 2.61 bits per heavy atom. The van der Waals surface area contributed by atoms with Gasteiger partial charge in [-0.05, 0) is 36.4 Å². The van der Waals surface area contributed by atoms with Crippen molar-refractivity contribution in [3.05, 3.63) is 63.8 Å². The summed E-state index contributed by atoms with van der Waals surface area (Å²) in [6.45, 7) is 0. The zero-order valence-corrected chi connectivity index (χ0v) is 13.1. The van der Waals surface area contributed by atoms with Gasteiger partial charge in [-0.3, -0.25) is 9.69 Å². The minimum atomic E-state index is -1.18. The third-order valence-corrected chi connectivity index (χ3v) is 4.30. The van der Waals surface area contributed by atoms with E-state index in [2.05, 4.69) is 9.97 Å². The molecular formula is C16H9Cl2N3O2. The highest BCUT2D eigenvalue weighted by molar-refractivity contribution is 6.32. The molecule has 1 amide bonds. The maximum Gasteiger partial charge on any atom is 0.262 e. The fourth-order valence-electron chi connectivity index (χ4n) is 2.69. The molecule has 0 spiro atoms. The second-order valence-electron chi connectivity index (χ2n) is 5.10. The van der Waals surface area contributed by atoms with E-state index in [0.29, 0.717) is 26.9 Å². The Bertz CT molecular complexity index is 961. The zero-order chi connectivity index (χ0) is 16.1. The van der Waals surface area contributed by atoms with Crippen molar-refractivity contribution in [2.45, 2.75) is 6.23 Å². The Morgan fingerprint density at radius 2 is 1.83 bits per heavy atom. The Balaban J connectivity index is 1.86. The van der Waals surface area contributed by atoms with Crippen molar-refractivity contribution >= 4 is 46.0 Å². The molecule has 114 valence electrons. The van der Waals surface area contributed by atoms with Gasteiger partial charge >= 0.3 is 0 Å². The standard InChI is InChI=1S/C16H9Cl2N3O2/c17-10-3-1-2-9-13(10)16(23)21(15(9)22)12-7-5-8-4-6-11(18)19-14(8)20-12/h1-7,16,23H. The summed E-state index contributed by atoms with van der Waals surface area (Å²) < 4.78 is 0. The summed E-state index contributed by atoms with van der Waals surface area (Å²) in [5.41, 5.74) is 1.16. The number of aliphatic hydroxyl groups is 1. The number of aliphatic hydroxyl groups excluding tert-OH is 1. The van der Waals surface area contributed by atoms with Crippen LogP contribution >= 0.6 is 23.2 Å². The van der Waals surface area contributed by atoms with Crippen molar-refractivity contribution in [3.8, 4) is 0 Å². The maximum atomic E-state index is 12.6. The highest BCUT2D eigenvalue weighted by Crippen LogP contribution is 2.39. The van der Waals surface area contributed by atoms with E-state index in [-0.39, 0.29) is 11.7 Å². The van der Waals surface area contributed by atoms with Crippen LogP contribution in [0.1, 0.15) is 22.1 Å². The van der Waals surface area contributed by atoms with Crippen LogP contribution in [0.5, 0.6) is 0 Å². The first-order chi connectivity index (χ1) is 11.1. The van der Waals surface area contributed by atoms with Crippen molar-refractivity contribution in [1.82, 2.24) is 9.97 Å². The molecule has 7 heteroatoms. The lowest BCUT2D eigenvalue weighted by Crippen LogP contribution is -2.28. The minimum absolute atomic E-state index is 0.289. The molecule has 3 aromatic rings. The van der Waals surface area contributed by atoms with Gasteiger partial charge in [-0.25, -0.2) is 9.97 Å². The minimum Gasteiger partial charge on any atom is -0.369 e. The first-order valence-corrected chi connectivity index (χ1v) is 7.55. The lowest BCUT2D eigenvalue weighted by molar-refractivity contribution is 0.0934. The largest absolute Gasteiger partial charge is 0.369 e. The predicted octanol–water partition coefficient (Wildman–Crippen LogP) is 3.59. The van der Waals surface area contributed by atoms with Crippen molar-refractivity contribution < 1.29 is 9.90 Å². The van der Waals surface area contributed by atoms with Gasteiger partial charge < -0.3 is 5.11 Å². The van der Waals surface area contributed by atoms with E-state index in [4.69, 9.17) is 23.2 Å². The van der Waals surface area contributed by atoms with E-state index in [1.807, 2.05) is 0 Å². The molecule has 1 aliphatic rings. The number of benzene rings is 1. The molecule has 1 unspecified atom stereocenters. The number of aromatic nitrogens is 2. The van der Waals surface area contributed by atoms with Crippen LogP contribution in [-0.4, -0.2) is 21.0 Å². The Morgan fingerprint density at radius 1 is 1.04 bits per heavy atom. The number of hydrogen-bond acceptors (Lipinski definition) is 4. The molecule has 3 heterocycles. The molecule has 5 nitrogen and oxygen atoms in total. The quantitative estimate of drug-likeness (QED) is 0.684. The molecule has 0 fully saturated rings. The summed E-state index contributed by atoms with van der Waals surface area (Å²) in [5.74, 6) is -0.0686. The summed E-state index contributed by atoms with van der Waals surface area (Å²) in [7, 11) is 0. The molecule has 23 heavy (non-hydrogen) atoms. The summed E-state index contributed by atoms with van der Waals surface area (Å²) >= 11 is 12.0. The number of carbonyl (C=O) groups excluding carboxylic acids is 1. The van der Waals surface area contributed by atoms with Crippen LogP contribution in [0, 0.1) is 0 Å². The summed E-state index contributed by atoms with van der Waals surface area (Å²) in [5, 5.41) is 11.9. The fraction of sp³-hybridized carbons (Fsp3) is 0.0625. The molecule has 4 rings (SSSR count). The monoisotopic (exact) mass is 345 g/mol. The van der Waals surface area contributed by atoms with Gasteiger partial charge in [0.2, 0.25) is 0 Å². The highest BCUT2D eigenvalue weighted by Gasteiger charge is 2.38. The van der Waals surface area contributed by atoms with E-state index in [1.54, 1.807) is 42.5 Å². The van der Waals surface area contributed by atoms with Gasteiger partial charge in [0.05, 0.1) is 0 Å². The SMILES string of the molecule is O=C1c2cccc(Cl)c2C(O)N1c1ccc2ccc(Cl)nc2n1. The molecule has 1 atom stereocenters. The lowest BCUT2D eigenvalue weighted by atomic mass is 10.1. The predicted molar refractivity (Wildman–Crippen MR) is 87.8 cm³/mol.